The molecule has 0 N–H and O–H groups in total. The number of hydrogen-bond donors (Lipinski definition) is 0. The molecule has 0 radical (unpaired) electrons. The zero-order valence-corrected chi connectivity index (χ0v) is 9.20. The normalized spacial score (nSPS) is 10.2. The molecule has 0 aliphatic heterocycles. The van der Waals surface area contributed by atoms with Gasteiger partial charge in [-0.05, 0) is 35.9 Å². The molecule has 78 valence electrons. The molecule has 0 fully saturated rings. The topological polar surface area (TPSA) is 65.8 Å². The van der Waals surface area contributed by atoms with E-state index in [2.05, 4.69) is 10.0 Å². The van der Waals surface area contributed by atoms with Gasteiger partial charge in [-0.25, -0.2) is 0 Å². The van der Waals surface area contributed by atoms with Crippen LogP contribution in [0.5, 0.6) is 0 Å². The maximum absolute atomic E-state index is 11.0. The zero-order valence-electron chi connectivity index (χ0n) is 8.38. The molecular weight excluding hydrogens is 210 g/mol. The number of hydrogen-bond acceptors (Lipinski definition) is 3. The van der Waals surface area contributed by atoms with Crippen LogP contribution in [0.2, 0.25) is 0 Å². The minimum absolute atomic E-state index is 0.0914. The zero-order chi connectivity index (χ0) is 11.1. The van der Waals surface area contributed by atoms with E-state index in [1.165, 1.54) is 11.3 Å². The van der Waals surface area contributed by atoms with E-state index in [4.69, 9.17) is 5.53 Å². The van der Waals surface area contributed by atoms with Crippen molar-refractivity contribution >= 4 is 23.2 Å². The number of Topliss-reactive ketones (excluding diaryl/α,β-unsaturated/α-hetero) is 1. The number of rotatable bonds is 5. The number of thiophene rings is 1. The SMILES string of the molecule is CC(=O)c1cc(C=CCCN=[N+]=[N-])cs1. The summed E-state index contributed by atoms with van der Waals surface area (Å²) in [6.45, 7) is 2.03. The number of carbonyl (C=O) groups is 1. The Morgan fingerprint density at radius 1 is 1.73 bits per heavy atom. The molecule has 0 saturated heterocycles. The highest BCUT2D eigenvalue weighted by Crippen LogP contribution is 2.16. The van der Waals surface area contributed by atoms with Crippen molar-refractivity contribution < 1.29 is 4.79 Å². The van der Waals surface area contributed by atoms with E-state index in [-0.39, 0.29) is 5.78 Å². The highest BCUT2D eigenvalue weighted by atomic mass is 32.1. The summed E-state index contributed by atoms with van der Waals surface area (Å²) in [6, 6.07) is 1.86. The fourth-order valence-corrected chi connectivity index (χ4v) is 1.80. The van der Waals surface area contributed by atoms with Gasteiger partial charge in [0.05, 0.1) is 4.88 Å². The van der Waals surface area contributed by atoms with Crippen LogP contribution in [0.3, 0.4) is 0 Å². The maximum atomic E-state index is 11.0. The van der Waals surface area contributed by atoms with Crippen molar-refractivity contribution in [2.75, 3.05) is 6.54 Å². The molecule has 5 heteroatoms. The van der Waals surface area contributed by atoms with Gasteiger partial charge >= 0.3 is 0 Å². The Balaban J connectivity index is 2.49. The van der Waals surface area contributed by atoms with Gasteiger partial charge in [0.25, 0.3) is 0 Å². The lowest BCUT2D eigenvalue weighted by Crippen LogP contribution is -1.83. The first kappa shape index (κ1) is 11.5. The van der Waals surface area contributed by atoms with E-state index in [0.29, 0.717) is 6.54 Å². The fraction of sp³-hybridized carbons (Fsp3) is 0.300. The predicted molar refractivity (Wildman–Crippen MR) is 62.0 cm³/mol. The van der Waals surface area contributed by atoms with E-state index >= 15 is 0 Å². The number of carbonyl (C=O) groups excluding carboxylic acids is 1. The van der Waals surface area contributed by atoms with Crippen molar-refractivity contribution in [3.8, 4) is 0 Å². The van der Waals surface area contributed by atoms with Gasteiger partial charge in [-0.15, -0.1) is 11.3 Å². The lowest BCUT2D eigenvalue weighted by atomic mass is 10.2. The molecule has 0 saturated carbocycles. The third-order valence-electron chi connectivity index (χ3n) is 1.74. The van der Waals surface area contributed by atoms with Crippen molar-refractivity contribution in [2.24, 2.45) is 5.11 Å². The van der Waals surface area contributed by atoms with Crippen LogP contribution in [-0.2, 0) is 0 Å². The largest absolute Gasteiger partial charge is 0.294 e. The summed E-state index contributed by atoms with van der Waals surface area (Å²) in [5.74, 6) is 0.0914. The van der Waals surface area contributed by atoms with Gasteiger partial charge in [0.1, 0.15) is 0 Å². The van der Waals surface area contributed by atoms with Crippen molar-refractivity contribution in [3.63, 3.8) is 0 Å². The summed E-state index contributed by atoms with van der Waals surface area (Å²) in [7, 11) is 0. The first-order valence-electron chi connectivity index (χ1n) is 4.51. The van der Waals surface area contributed by atoms with E-state index in [0.717, 1.165) is 16.9 Å². The third-order valence-corrected chi connectivity index (χ3v) is 2.79. The fourth-order valence-electron chi connectivity index (χ4n) is 1.02. The molecule has 0 bridgehead atoms. The summed E-state index contributed by atoms with van der Waals surface area (Å²) >= 11 is 1.44. The van der Waals surface area contributed by atoms with Crippen LogP contribution in [0, 0.1) is 0 Å². The van der Waals surface area contributed by atoms with Gasteiger partial charge in [-0.1, -0.05) is 17.3 Å². The van der Waals surface area contributed by atoms with Crippen LogP contribution < -0.4 is 0 Å². The van der Waals surface area contributed by atoms with Crippen LogP contribution in [0.25, 0.3) is 16.5 Å². The summed E-state index contributed by atoms with van der Waals surface area (Å²) in [6.07, 6.45) is 4.58. The second kappa shape index (κ2) is 6.01. The molecule has 0 aromatic carbocycles. The van der Waals surface area contributed by atoms with Crippen LogP contribution in [0.1, 0.15) is 28.6 Å². The van der Waals surface area contributed by atoms with Crippen molar-refractivity contribution in [2.45, 2.75) is 13.3 Å². The average molecular weight is 221 g/mol. The molecule has 0 aliphatic rings. The highest BCUT2D eigenvalue weighted by molar-refractivity contribution is 7.12. The molecule has 0 amide bonds. The van der Waals surface area contributed by atoms with Crippen LogP contribution in [-0.4, -0.2) is 12.3 Å². The smallest absolute Gasteiger partial charge is 0.169 e. The Morgan fingerprint density at radius 2 is 2.53 bits per heavy atom. The average Bonchev–Trinajstić information content (AvgIpc) is 2.66. The van der Waals surface area contributed by atoms with E-state index in [9.17, 15) is 4.79 Å². The first-order valence-corrected chi connectivity index (χ1v) is 5.39. The van der Waals surface area contributed by atoms with Crippen molar-refractivity contribution in [1.82, 2.24) is 0 Å². The van der Waals surface area contributed by atoms with Gasteiger partial charge in [0.15, 0.2) is 5.78 Å². The van der Waals surface area contributed by atoms with Crippen LogP contribution in [0.4, 0.5) is 0 Å². The van der Waals surface area contributed by atoms with Crippen LogP contribution in [0.15, 0.2) is 22.6 Å². The minimum Gasteiger partial charge on any atom is -0.294 e. The molecular formula is C10H11N3OS. The summed E-state index contributed by atoms with van der Waals surface area (Å²) in [5.41, 5.74) is 9.07. The number of nitrogens with zero attached hydrogens (tertiary/aromatic N) is 3. The quantitative estimate of drug-likeness (QED) is 0.246. The second-order valence-corrected chi connectivity index (χ2v) is 3.86. The molecule has 1 aromatic rings. The summed E-state index contributed by atoms with van der Waals surface area (Å²) in [4.78, 5) is 14.4. The molecule has 0 aliphatic carbocycles. The Kier molecular flexibility index (Phi) is 4.60. The van der Waals surface area contributed by atoms with E-state index in [1.54, 1.807) is 6.92 Å². The molecule has 0 spiro atoms. The van der Waals surface area contributed by atoms with Crippen molar-refractivity contribution in [1.29, 1.82) is 0 Å². The lowest BCUT2D eigenvalue weighted by molar-refractivity contribution is 0.102. The molecule has 0 atom stereocenters. The molecule has 1 aromatic heterocycles. The molecule has 1 heterocycles. The Bertz CT molecular complexity index is 416. The predicted octanol–water partition coefficient (Wildman–Crippen LogP) is 3.66. The van der Waals surface area contributed by atoms with Gasteiger partial charge in [0.2, 0.25) is 0 Å². The number of azide groups is 1. The lowest BCUT2D eigenvalue weighted by Gasteiger charge is -1.85. The maximum Gasteiger partial charge on any atom is 0.169 e. The van der Waals surface area contributed by atoms with Gasteiger partial charge in [0, 0.05) is 11.5 Å². The van der Waals surface area contributed by atoms with Gasteiger partial charge in [-0.3, -0.25) is 4.79 Å². The van der Waals surface area contributed by atoms with Gasteiger partial charge < -0.3 is 0 Å². The minimum atomic E-state index is 0.0914. The molecule has 1 rings (SSSR count). The molecule has 15 heavy (non-hydrogen) atoms. The van der Waals surface area contributed by atoms with Gasteiger partial charge in [-0.2, -0.15) is 0 Å². The summed E-state index contributed by atoms with van der Waals surface area (Å²) in [5, 5.41) is 5.35. The Morgan fingerprint density at radius 3 is 3.13 bits per heavy atom. The standard InChI is InChI=1S/C10H11N3OS/c1-8(14)10-6-9(7-15-10)4-2-3-5-12-13-11/h2,4,6-7H,3,5H2,1H3. The molecule has 0 unspecified atom stereocenters. The van der Waals surface area contributed by atoms with Crippen LogP contribution >= 0.6 is 11.3 Å². The summed E-state index contributed by atoms with van der Waals surface area (Å²) < 4.78 is 0. The monoisotopic (exact) mass is 221 g/mol. The van der Waals surface area contributed by atoms with E-state index < -0.39 is 0 Å². The molecule has 4 nitrogen and oxygen atoms in total. The Labute approximate surface area is 91.9 Å². The van der Waals surface area contributed by atoms with E-state index in [1.807, 2.05) is 23.6 Å². The third kappa shape index (κ3) is 3.97. The number of ketones is 1. The first-order chi connectivity index (χ1) is 7.24. The van der Waals surface area contributed by atoms with Crippen molar-refractivity contribution in [3.05, 3.63) is 38.4 Å². The highest BCUT2D eigenvalue weighted by Gasteiger charge is 2.00. The second-order valence-electron chi connectivity index (χ2n) is 2.95. The Hall–Kier alpha value is -1.58.